The highest BCUT2D eigenvalue weighted by atomic mass is 32.1. The van der Waals surface area contributed by atoms with Crippen LogP contribution in [0.15, 0.2) is 30.3 Å². The summed E-state index contributed by atoms with van der Waals surface area (Å²) in [5.74, 6) is 0.387. The molecule has 0 aliphatic heterocycles. The van der Waals surface area contributed by atoms with Gasteiger partial charge in [0.15, 0.2) is 5.11 Å². The predicted octanol–water partition coefficient (Wildman–Crippen LogP) is 2.73. The number of benzene rings is 1. The van der Waals surface area contributed by atoms with Gasteiger partial charge in [0, 0.05) is 12.1 Å². The molecular weight excluding hydrogens is 244 g/mol. The first-order chi connectivity index (χ1) is 8.63. The smallest absolute Gasteiger partial charge is 0.257 e. The lowest BCUT2D eigenvalue weighted by Crippen LogP contribution is -2.40. The van der Waals surface area contributed by atoms with Crippen LogP contribution in [0.1, 0.15) is 37.0 Å². The average Bonchev–Trinajstić information content (AvgIpc) is 2.38. The van der Waals surface area contributed by atoms with Crippen LogP contribution in [0.2, 0.25) is 0 Å². The molecule has 0 heterocycles. The molecule has 0 spiro atoms. The molecule has 0 bridgehead atoms. The van der Waals surface area contributed by atoms with Crippen LogP contribution >= 0.6 is 12.2 Å². The van der Waals surface area contributed by atoms with Gasteiger partial charge in [-0.1, -0.05) is 38.5 Å². The van der Waals surface area contributed by atoms with Gasteiger partial charge in [0.05, 0.1) is 0 Å². The molecule has 0 aliphatic carbocycles. The fourth-order valence-corrected chi connectivity index (χ4v) is 1.85. The number of amides is 1. The standard InChI is InChI=1S/C14H20N2OS/c1-3-7-11(2)10-15-14(18)16-13(17)12-8-5-4-6-9-12/h4-6,8-9,11H,3,7,10H2,1-2H3,(H2,15,16,17,18)/t11-/m1/s1. The maximum atomic E-state index is 11.8. The summed E-state index contributed by atoms with van der Waals surface area (Å²) < 4.78 is 0. The number of hydrogen-bond donors (Lipinski definition) is 2. The number of nitrogens with one attached hydrogen (secondary N) is 2. The maximum Gasteiger partial charge on any atom is 0.257 e. The number of thiocarbonyl (C=S) groups is 1. The summed E-state index contributed by atoms with van der Waals surface area (Å²) in [6.07, 6.45) is 2.31. The lowest BCUT2D eigenvalue weighted by molar-refractivity contribution is 0.0976. The highest BCUT2D eigenvalue weighted by molar-refractivity contribution is 7.80. The van der Waals surface area contributed by atoms with Gasteiger partial charge in [-0.15, -0.1) is 0 Å². The largest absolute Gasteiger partial charge is 0.362 e. The molecule has 4 heteroatoms. The van der Waals surface area contributed by atoms with Crippen molar-refractivity contribution in [3.8, 4) is 0 Å². The topological polar surface area (TPSA) is 41.1 Å². The monoisotopic (exact) mass is 264 g/mol. The van der Waals surface area contributed by atoms with Crippen LogP contribution in [0, 0.1) is 5.92 Å². The summed E-state index contributed by atoms with van der Waals surface area (Å²) in [4.78, 5) is 11.8. The maximum absolute atomic E-state index is 11.8. The molecule has 98 valence electrons. The van der Waals surface area contributed by atoms with Crippen molar-refractivity contribution in [2.24, 2.45) is 5.92 Å². The molecule has 0 fully saturated rings. The lowest BCUT2D eigenvalue weighted by atomic mass is 10.1. The summed E-state index contributed by atoms with van der Waals surface area (Å²) in [7, 11) is 0. The van der Waals surface area contributed by atoms with Crippen molar-refractivity contribution < 1.29 is 4.79 Å². The molecular formula is C14H20N2OS. The highest BCUT2D eigenvalue weighted by Gasteiger charge is 2.07. The zero-order valence-electron chi connectivity index (χ0n) is 10.9. The van der Waals surface area contributed by atoms with Crippen molar-refractivity contribution in [3.63, 3.8) is 0 Å². The Morgan fingerprint density at radius 3 is 2.61 bits per heavy atom. The van der Waals surface area contributed by atoms with Crippen LogP contribution in [0.25, 0.3) is 0 Å². The molecule has 1 amide bonds. The Bertz CT molecular complexity index is 392. The van der Waals surface area contributed by atoms with Crippen molar-refractivity contribution >= 4 is 23.2 Å². The van der Waals surface area contributed by atoms with E-state index >= 15 is 0 Å². The van der Waals surface area contributed by atoms with Gasteiger partial charge in [-0.3, -0.25) is 10.1 Å². The molecule has 0 saturated carbocycles. The number of hydrogen-bond acceptors (Lipinski definition) is 2. The van der Waals surface area contributed by atoms with Crippen molar-refractivity contribution in [2.75, 3.05) is 6.54 Å². The van der Waals surface area contributed by atoms with Gasteiger partial charge in [0.25, 0.3) is 5.91 Å². The fourth-order valence-electron chi connectivity index (χ4n) is 1.67. The first kappa shape index (κ1) is 14.6. The quantitative estimate of drug-likeness (QED) is 0.803. The van der Waals surface area contributed by atoms with Crippen LogP contribution in [-0.2, 0) is 0 Å². The van der Waals surface area contributed by atoms with E-state index in [4.69, 9.17) is 12.2 Å². The molecule has 0 aromatic heterocycles. The minimum absolute atomic E-state index is 0.170. The van der Waals surface area contributed by atoms with Gasteiger partial charge in [-0.05, 0) is 36.7 Å². The Morgan fingerprint density at radius 2 is 2.00 bits per heavy atom. The third-order valence-electron chi connectivity index (χ3n) is 2.66. The molecule has 2 N–H and O–H groups in total. The van der Waals surface area contributed by atoms with E-state index in [1.165, 1.54) is 0 Å². The molecule has 1 rings (SSSR count). The Hall–Kier alpha value is -1.42. The van der Waals surface area contributed by atoms with Crippen molar-refractivity contribution in [1.82, 2.24) is 10.6 Å². The van der Waals surface area contributed by atoms with Gasteiger partial charge in [-0.25, -0.2) is 0 Å². The second-order valence-corrected chi connectivity index (χ2v) is 4.83. The number of carbonyl (C=O) groups excluding carboxylic acids is 1. The van der Waals surface area contributed by atoms with Gasteiger partial charge < -0.3 is 5.32 Å². The minimum atomic E-state index is -0.170. The van der Waals surface area contributed by atoms with E-state index < -0.39 is 0 Å². The highest BCUT2D eigenvalue weighted by Crippen LogP contribution is 2.02. The van der Waals surface area contributed by atoms with Crippen LogP contribution in [-0.4, -0.2) is 17.6 Å². The van der Waals surface area contributed by atoms with Crippen LogP contribution in [0.4, 0.5) is 0 Å². The molecule has 1 aromatic carbocycles. The Labute approximate surface area is 114 Å². The Morgan fingerprint density at radius 1 is 1.33 bits per heavy atom. The van der Waals surface area contributed by atoms with E-state index in [0.29, 0.717) is 16.6 Å². The second kappa shape index (κ2) is 7.82. The Balaban J connectivity index is 2.34. The Kier molecular flexibility index (Phi) is 6.36. The zero-order valence-corrected chi connectivity index (χ0v) is 11.7. The second-order valence-electron chi connectivity index (χ2n) is 4.42. The van der Waals surface area contributed by atoms with Gasteiger partial charge in [0.2, 0.25) is 0 Å². The molecule has 1 aromatic rings. The third kappa shape index (κ3) is 5.27. The predicted molar refractivity (Wildman–Crippen MR) is 78.6 cm³/mol. The van der Waals surface area contributed by atoms with E-state index in [1.807, 2.05) is 18.2 Å². The average molecular weight is 264 g/mol. The summed E-state index contributed by atoms with van der Waals surface area (Å²) in [5, 5.41) is 6.14. The molecule has 0 unspecified atom stereocenters. The number of rotatable bonds is 5. The van der Waals surface area contributed by atoms with Crippen LogP contribution in [0.5, 0.6) is 0 Å². The summed E-state index contributed by atoms with van der Waals surface area (Å²) in [5.41, 5.74) is 0.614. The van der Waals surface area contributed by atoms with Crippen LogP contribution < -0.4 is 10.6 Å². The zero-order chi connectivity index (χ0) is 13.4. The van der Waals surface area contributed by atoms with E-state index in [-0.39, 0.29) is 5.91 Å². The lowest BCUT2D eigenvalue weighted by Gasteiger charge is -2.13. The van der Waals surface area contributed by atoms with E-state index in [9.17, 15) is 4.79 Å². The molecule has 1 atom stereocenters. The van der Waals surface area contributed by atoms with Gasteiger partial charge in [-0.2, -0.15) is 0 Å². The molecule has 0 saturated heterocycles. The molecule has 3 nitrogen and oxygen atoms in total. The summed E-state index contributed by atoms with van der Waals surface area (Å²) in [6.45, 7) is 5.12. The molecule has 0 radical (unpaired) electrons. The molecule has 18 heavy (non-hydrogen) atoms. The SMILES string of the molecule is CCC[C@@H](C)CNC(=S)NC(=O)c1ccccc1. The van der Waals surface area contributed by atoms with Crippen molar-refractivity contribution in [2.45, 2.75) is 26.7 Å². The van der Waals surface area contributed by atoms with Gasteiger partial charge >= 0.3 is 0 Å². The van der Waals surface area contributed by atoms with E-state index in [0.717, 1.165) is 19.4 Å². The van der Waals surface area contributed by atoms with E-state index in [2.05, 4.69) is 24.5 Å². The first-order valence-electron chi connectivity index (χ1n) is 6.27. The van der Waals surface area contributed by atoms with Crippen LogP contribution in [0.3, 0.4) is 0 Å². The van der Waals surface area contributed by atoms with Gasteiger partial charge in [0.1, 0.15) is 0 Å². The minimum Gasteiger partial charge on any atom is -0.362 e. The first-order valence-corrected chi connectivity index (χ1v) is 6.68. The molecule has 0 aliphatic rings. The summed E-state index contributed by atoms with van der Waals surface area (Å²) in [6, 6.07) is 9.05. The third-order valence-corrected chi connectivity index (χ3v) is 2.90. The fraction of sp³-hybridized carbons (Fsp3) is 0.429. The summed E-state index contributed by atoms with van der Waals surface area (Å²) >= 11 is 5.09. The van der Waals surface area contributed by atoms with Crippen molar-refractivity contribution in [1.29, 1.82) is 0 Å². The number of carbonyl (C=O) groups is 1. The normalized spacial score (nSPS) is 11.7. The van der Waals surface area contributed by atoms with E-state index in [1.54, 1.807) is 12.1 Å². The van der Waals surface area contributed by atoms with Crippen molar-refractivity contribution in [3.05, 3.63) is 35.9 Å².